The van der Waals surface area contributed by atoms with Crippen molar-refractivity contribution in [2.75, 3.05) is 26.2 Å². The van der Waals surface area contributed by atoms with Crippen LogP contribution in [0, 0.1) is 11.8 Å². The standard InChI is InChI=1S/C15H29F3N2/c1-4-8-20(11-15(16,17)18)10-13-9-12(3)6-7-14(13)19-5-2/h12-14,19H,4-11H2,1-3H3. The average Bonchev–Trinajstić information content (AvgIpc) is 2.31. The van der Waals surface area contributed by atoms with E-state index in [1.54, 1.807) is 4.90 Å². The second kappa shape index (κ2) is 8.23. The summed E-state index contributed by atoms with van der Waals surface area (Å²) in [5.41, 5.74) is 0. The number of nitrogens with zero attached hydrogens (tertiary/aromatic N) is 1. The van der Waals surface area contributed by atoms with Crippen LogP contribution in [0.4, 0.5) is 13.2 Å². The molecule has 20 heavy (non-hydrogen) atoms. The molecule has 1 aliphatic rings. The molecule has 0 aromatic carbocycles. The summed E-state index contributed by atoms with van der Waals surface area (Å²) in [5.74, 6) is 0.969. The first-order valence-corrected chi connectivity index (χ1v) is 7.88. The zero-order chi connectivity index (χ0) is 15.2. The van der Waals surface area contributed by atoms with Gasteiger partial charge in [0, 0.05) is 12.6 Å². The predicted octanol–water partition coefficient (Wildman–Crippen LogP) is 3.68. The van der Waals surface area contributed by atoms with Gasteiger partial charge < -0.3 is 5.32 Å². The lowest BCUT2D eigenvalue weighted by molar-refractivity contribution is -0.148. The molecule has 1 rings (SSSR count). The second-order valence-electron chi connectivity index (χ2n) is 6.19. The van der Waals surface area contributed by atoms with E-state index in [4.69, 9.17) is 0 Å². The van der Waals surface area contributed by atoms with Crippen molar-refractivity contribution in [2.45, 2.75) is 58.7 Å². The van der Waals surface area contributed by atoms with E-state index >= 15 is 0 Å². The van der Waals surface area contributed by atoms with Crippen LogP contribution < -0.4 is 5.32 Å². The smallest absolute Gasteiger partial charge is 0.314 e. The Morgan fingerprint density at radius 2 is 1.90 bits per heavy atom. The Bertz CT molecular complexity index is 268. The fourth-order valence-electron chi connectivity index (χ4n) is 3.37. The van der Waals surface area contributed by atoms with Crippen molar-refractivity contribution in [1.29, 1.82) is 0 Å². The Morgan fingerprint density at radius 3 is 2.45 bits per heavy atom. The molecule has 5 heteroatoms. The van der Waals surface area contributed by atoms with Crippen molar-refractivity contribution in [1.82, 2.24) is 10.2 Å². The lowest BCUT2D eigenvalue weighted by atomic mass is 9.78. The molecular weight excluding hydrogens is 265 g/mol. The summed E-state index contributed by atoms with van der Waals surface area (Å²) in [4.78, 5) is 1.59. The molecule has 2 nitrogen and oxygen atoms in total. The van der Waals surface area contributed by atoms with Gasteiger partial charge in [0.2, 0.25) is 0 Å². The van der Waals surface area contributed by atoms with Gasteiger partial charge >= 0.3 is 6.18 Å². The monoisotopic (exact) mass is 294 g/mol. The first-order chi connectivity index (χ1) is 9.35. The van der Waals surface area contributed by atoms with Gasteiger partial charge in [0.1, 0.15) is 0 Å². The van der Waals surface area contributed by atoms with Crippen LogP contribution >= 0.6 is 0 Å². The highest BCUT2D eigenvalue weighted by Gasteiger charge is 2.34. The van der Waals surface area contributed by atoms with Crippen LogP contribution in [0.3, 0.4) is 0 Å². The van der Waals surface area contributed by atoms with Crippen molar-refractivity contribution in [2.24, 2.45) is 11.8 Å². The zero-order valence-electron chi connectivity index (χ0n) is 13.0. The van der Waals surface area contributed by atoms with E-state index in [1.165, 1.54) is 6.42 Å². The van der Waals surface area contributed by atoms with Gasteiger partial charge in [0.05, 0.1) is 6.54 Å². The van der Waals surface area contributed by atoms with Gasteiger partial charge in [-0.1, -0.05) is 20.8 Å². The normalized spacial score (nSPS) is 28.1. The van der Waals surface area contributed by atoms with Crippen molar-refractivity contribution in [3.8, 4) is 0 Å². The van der Waals surface area contributed by atoms with Gasteiger partial charge in [-0.2, -0.15) is 13.2 Å². The van der Waals surface area contributed by atoms with Crippen LogP contribution in [0.1, 0.15) is 46.5 Å². The summed E-state index contributed by atoms with van der Waals surface area (Å²) in [6.07, 6.45) is -0.0179. The van der Waals surface area contributed by atoms with E-state index in [-0.39, 0.29) is 0 Å². The first-order valence-electron chi connectivity index (χ1n) is 7.88. The van der Waals surface area contributed by atoms with Gasteiger partial charge in [-0.05, 0) is 50.6 Å². The summed E-state index contributed by atoms with van der Waals surface area (Å²) in [5, 5.41) is 3.46. The van der Waals surface area contributed by atoms with E-state index in [2.05, 4.69) is 19.2 Å². The lowest BCUT2D eigenvalue weighted by Gasteiger charge is -2.38. The highest BCUT2D eigenvalue weighted by molar-refractivity contribution is 4.85. The molecule has 0 saturated heterocycles. The van der Waals surface area contributed by atoms with Gasteiger partial charge in [-0.25, -0.2) is 0 Å². The van der Waals surface area contributed by atoms with E-state index in [1.807, 2.05) is 6.92 Å². The van der Waals surface area contributed by atoms with Crippen molar-refractivity contribution in [3.05, 3.63) is 0 Å². The SMILES string of the molecule is CCCN(CC1CC(C)CCC1NCC)CC(F)(F)F. The molecule has 0 spiro atoms. The molecule has 1 fully saturated rings. The van der Waals surface area contributed by atoms with E-state index in [0.29, 0.717) is 31.0 Å². The van der Waals surface area contributed by atoms with Gasteiger partial charge in [-0.15, -0.1) is 0 Å². The van der Waals surface area contributed by atoms with Gasteiger partial charge in [0.15, 0.2) is 0 Å². The summed E-state index contributed by atoms with van der Waals surface area (Å²) >= 11 is 0. The lowest BCUT2D eigenvalue weighted by Crippen LogP contribution is -2.47. The molecule has 0 radical (unpaired) electrons. The number of alkyl halides is 3. The van der Waals surface area contributed by atoms with Crippen molar-refractivity contribution < 1.29 is 13.2 Å². The molecule has 1 N–H and O–H groups in total. The van der Waals surface area contributed by atoms with Gasteiger partial charge in [0.25, 0.3) is 0 Å². The number of halogens is 3. The largest absolute Gasteiger partial charge is 0.401 e. The highest BCUT2D eigenvalue weighted by atomic mass is 19.4. The third-order valence-corrected chi connectivity index (χ3v) is 4.15. The summed E-state index contributed by atoms with van der Waals surface area (Å²) in [6, 6.07) is 0.379. The molecule has 3 atom stereocenters. The number of nitrogens with one attached hydrogen (secondary N) is 1. The molecule has 0 bridgehead atoms. The third kappa shape index (κ3) is 6.44. The first kappa shape index (κ1) is 17.8. The summed E-state index contributed by atoms with van der Waals surface area (Å²) in [7, 11) is 0. The second-order valence-corrected chi connectivity index (χ2v) is 6.19. The van der Waals surface area contributed by atoms with E-state index in [0.717, 1.165) is 25.8 Å². The molecule has 0 heterocycles. The Hall–Kier alpha value is -0.290. The van der Waals surface area contributed by atoms with Crippen LogP contribution in [0.15, 0.2) is 0 Å². The van der Waals surface area contributed by atoms with Crippen LogP contribution in [0.5, 0.6) is 0 Å². The molecule has 120 valence electrons. The average molecular weight is 294 g/mol. The predicted molar refractivity (Wildman–Crippen MR) is 76.8 cm³/mol. The van der Waals surface area contributed by atoms with Crippen LogP contribution in [0.2, 0.25) is 0 Å². The molecule has 0 aromatic rings. The topological polar surface area (TPSA) is 15.3 Å². The number of hydrogen-bond donors (Lipinski definition) is 1. The summed E-state index contributed by atoms with van der Waals surface area (Å²) in [6.45, 7) is 7.43. The minimum Gasteiger partial charge on any atom is -0.314 e. The molecule has 1 saturated carbocycles. The molecular formula is C15H29F3N2. The van der Waals surface area contributed by atoms with Crippen molar-refractivity contribution >= 4 is 0 Å². The van der Waals surface area contributed by atoms with E-state index < -0.39 is 12.7 Å². The summed E-state index contributed by atoms with van der Waals surface area (Å²) < 4.78 is 37.9. The number of rotatable bonds is 7. The zero-order valence-corrected chi connectivity index (χ0v) is 13.0. The maximum Gasteiger partial charge on any atom is 0.401 e. The van der Waals surface area contributed by atoms with Crippen molar-refractivity contribution in [3.63, 3.8) is 0 Å². The molecule has 0 aromatic heterocycles. The molecule has 3 unspecified atom stereocenters. The minimum atomic E-state index is -4.09. The van der Waals surface area contributed by atoms with Crippen LogP contribution in [-0.4, -0.2) is 43.3 Å². The maximum absolute atomic E-state index is 12.6. The minimum absolute atomic E-state index is 0.340. The number of hydrogen-bond acceptors (Lipinski definition) is 2. The molecule has 0 amide bonds. The Labute approximate surface area is 121 Å². The quantitative estimate of drug-likeness (QED) is 0.770. The highest BCUT2D eigenvalue weighted by Crippen LogP contribution is 2.30. The molecule has 0 aliphatic heterocycles. The van der Waals surface area contributed by atoms with E-state index in [9.17, 15) is 13.2 Å². The fourth-order valence-corrected chi connectivity index (χ4v) is 3.37. The Morgan fingerprint density at radius 1 is 1.20 bits per heavy atom. The Balaban J connectivity index is 2.62. The Kier molecular flexibility index (Phi) is 7.30. The third-order valence-electron chi connectivity index (χ3n) is 4.15. The van der Waals surface area contributed by atoms with Crippen LogP contribution in [0.25, 0.3) is 0 Å². The van der Waals surface area contributed by atoms with Gasteiger partial charge in [-0.3, -0.25) is 4.90 Å². The maximum atomic E-state index is 12.6. The van der Waals surface area contributed by atoms with Crippen LogP contribution in [-0.2, 0) is 0 Å². The molecule has 1 aliphatic carbocycles. The fraction of sp³-hybridized carbons (Fsp3) is 1.00.